The maximum absolute atomic E-state index is 5.46. The van der Waals surface area contributed by atoms with Gasteiger partial charge in [-0.2, -0.15) is 0 Å². The minimum Gasteiger partial charge on any atom is -0.497 e. The lowest BCUT2D eigenvalue weighted by Crippen LogP contribution is -2.02. The molecule has 9 aromatic rings. The molecule has 9 rings (SSSR count). The number of ether oxygens (including phenoxy) is 1. The second kappa shape index (κ2) is 15.9. The van der Waals surface area contributed by atoms with Crippen molar-refractivity contribution in [3.8, 4) is 94.8 Å². The van der Waals surface area contributed by atoms with Gasteiger partial charge in [-0.25, -0.2) is 0 Å². The highest BCUT2D eigenvalue weighted by Crippen LogP contribution is 2.56. The minimum atomic E-state index is 0.849. The molecule has 0 aliphatic rings. The van der Waals surface area contributed by atoms with Crippen molar-refractivity contribution in [2.45, 2.75) is 6.92 Å². The van der Waals surface area contributed by atoms with Crippen molar-refractivity contribution in [3.05, 3.63) is 224 Å². The van der Waals surface area contributed by atoms with Gasteiger partial charge in [0.05, 0.1) is 7.11 Å². The van der Waals surface area contributed by atoms with E-state index in [1.54, 1.807) is 7.11 Å². The summed E-state index contributed by atoms with van der Waals surface area (Å²) in [4.78, 5) is 0. The molecule has 0 atom stereocenters. The van der Waals surface area contributed by atoms with E-state index in [0.29, 0.717) is 0 Å². The van der Waals surface area contributed by atoms with Crippen LogP contribution in [-0.2, 0) is 0 Å². The summed E-state index contributed by atoms with van der Waals surface area (Å²) < 4.78 is 5.46. The molecule has 0 spiro atoms. The van der Waals surface area contributed by atoms with Crippen molar-refractivity contribution in [2.75, 3.05) is 7.11 Å². The number of hydrogen-bond acceptors (Lipinski definition) is 1. The average Bonchev–Trinajstić information content (AvgIpc) is 3.29. The molecule has 1 nitrogen and oxygen atoms in total. The fourth-order valence-electron chi connectivity index (χ4n) is 8.09. The van der Waals surface area contributed by atoms with Crippen LogP contribution in [0.3, 0.4) is 0 Å². The van der Waals surface area contributed by atoms with Crippen LogP contribution in [0.1, 0.15) is 5.56 Å². The summed E-state index contributed by atoms with van der Waals surface area (Å²) in [6.45, 7) is 2.14. The number of benzene rings is 9. The van der Waals surface area contributed by atoms with Crippen LogP contribution in [0.25, 0.3) is 89.0 Å². The van der Waals surface area contributed by atoms with Gasteiger partial charge in [-0.15, -0.1) is 0 Å². The fraction of sp³-hybridized carbons (Fsp3) is 0.0357. The van der Waals surface area contributed by atoms with Crippen LogP contribution in [0.5, 0.6) is 5.75 Å². The average molecular weight is 731 g/mol. The van der Waals surface area contributed by atoms with E-state index in [1.165, 1.54) is 77.9 Å². The standard InChI is InChI=1S/C56H42O/c1-39-23-25-40(26-24-39)41-27-31-48(32-28-41)55-51(44-15-7-3-8-16-44)53(46-19-11-5-12-20-46)56(49-33-29-42(30-34-49)43-35-37-50(57-2)38-36-43)54(47-21-13-6-14-22-47)52(55)45-17-9-4-10-18-45/h3-38H,1-2H3. The van der Waals surface area contributed by atoms with E-state index in [-0.39, 0.29) is 0 Å². The maximum Gasteiger partial charge on any atom is 0.118 e. The summed E-state index contributed by atoms with van der Waals surface area (Å²) in [7, 11) is 1.71. The third-order valence-corrected chi connectivity index (χ3v) is 10.9. The van der Waals surface area contributed by atoms with Crippen LogP contribution in [-0.4, -0.2) is 7.11 Å². The fourth-order valence-corrected chi connectivity index (χ4v) is 8.09. The second-order valence-corrected chi connectivity index (χ2v) is 14.5. The first-order chi connectivity index (χ1) is 28.2. The lowest BCUT2D eigenvalue weighted by Gasteiger charge is -2.29. The van der Waals surface area contributed by atoms with Crippen LogP contribution in [0, 0.1) is 6.92 Å². The van der Waals surface area contributed by atoms with Crippen molar-refractivity contribution in [1.82, 2.24) is 0 Å². The SMILES string of the molecule is COc1ccc(-c2ccc(-c3c(-c4ccccc4)c(-c4ccccc4)c(-c4ccc(-c5ccc(C)cc5)cc4)c(-c4ccccc4)c3-c3ccccc3)cc2)cc1. The minimum absolute atomic E-state index is 0.849. The van der Waals surface area contributed by atoms with E-state index in [1.807, 2.05) is 12.1 Å². The van der Waals surface area contributed by atoms with E-state index in [9.17, 15) is 0 Å². The molecule has 0 fully saturated rings. The van der Waals surface area contributed by atoms with Gasteiger partial charge in [0.15, 0.2) is 0 Å². The predicted molar refractivity (Wildman–Crippen MR) is 241 cm³/mol. The lowest BCUT2D eigenvalue weighted by atomic mass is 9.74. The molecule has 0 unspecified atom stereocenters. The molecule has 0 N–H and O–H groups in total. The number of methoxy groups -OCH3 is 1. The van der Waals surface area contributed by atoms with Crippen molar-refractivity contribution in [2.24, 2.45) is 0 Å². The predicted octanol–water partition coefficient (Wildman–Crippen LogP) is 15.3. The summed E-state index contributed by atoms with van der Waals surface area (Å²) in [6.07, 6.45) is 0. The molecule has 0 bridgehead atoms. The Labute approximate surface area is 336 Å². The molecule has 1 heteroatoms. The Kier molecular flexibility index (Phi) is 9.88. The van der Waals surface area contributed by atoms with E-state index in [0.717, 1.165) is 22.4 Å². The smallest absolute Gasteiger partial charge is 0.118 e. The van der Waals surface area contributed by atoms with Gasteiger partial charge in [-0.05, 0) is 108 Å². The third kappa shape index (κ3) is 7.08. The van der Waals surface area contributed by atoms with Crippen LogP contribution < -0.4 is 4.74 Å². The first-order valence-electron chi connectivity index (χ1n) is 19.5. The van der Waals surface area contributed by atoms with Crippen molar-refractivity contribution in [1.29, 1.82) is 0 Å². The molecule has 57 heavy (non-hydrogen) atoms. The number of hydrogen-bond donors (Lipinski definition) is 0. The molecule has 0 saturated carbocycles. The van der Waals surface area contributed by atoms with Crippen molar-refractivity contribution >= 4 is 0 Å². The zero-order chi connectivity index (χ0) is 38.6. The molecule has 272 valence electrons. The van der Waals surface area contributed by atoms with Crippen molar-refractivity contribution < 1.29 is 4.74 Å². The van der Waals surface area contributed by atoms with E-state index >= 15 is 0 Å². The molecule has 0 aromatic heterocycles. The Morgan fingerprint density at radius 1 is 0.228 bits per heavy atom. The second-order valence-electron chi connectivity index (χ2n) is 14.5. The Bertz CT molecular complexity index is 2630. The molecular formula is C56H42O. The van der Waals surface area contributed by atoms with Gasteiger partial charge in [0.1, 0.15) is 5.75 Å². The maximum atomic E-state index is 5.46. The normalized spacial score (nSPS) is 11.0. The Morgan fingerprint density at radius 2 is 0.439 bits per heavy atom. The van der Waals surface area contributed by atoms with E-state index in [4.69, 9.17) is 4.74 Å². The van der Waals surface area contributed by atoms with Gasteiger partial charge in [0, 0.05) is 0 Å². The summed E-state index contributed by atoms with van der Waals surface area (Å²) in [5.74, 6) is 0.849. The highest BCUT2D eigenvalue weighted by atomic mass is 16.5. The first-order valence-corrected chi connectivity index (χ1v) is 19.5. The first kappa shape index (κ1) is 35.5. The Balaban J connectivity index is 1.42. The third-order valence-electron chi connectivity index (χ3n) is 10.9. The van der Waals surface area contributed by atoms with Crippen LogP contribution in [0.4, 0.5) is 0 Å². The molecule has 0 radical (unpaired) electrons. The van der Waals surface area contributed by atoms with Gasteiger partial charge in [0.2, 0.25) is 0 Å². The highest BCUT2D eigenvalue weighted by Gasteiger charge is 2.29. The van der Waals surface area contributed by atoms with Gasteiger partial charge >= 0.3 is 0 Å². The number of aryl methyl sites for hydroxylation is 1. The molecule has 0 aliphatic carbocycles. The summed E-state index contributed by atoms with van der Waals surface area (Å²) in [5, 5.41) is 0. The highest BCUT2D eigenvalue weighted by molar-refractivity contribution is 6.15. The summed E-state index contributed by atoms with van der Waals surface area (Å²) in [6, 6.07) is 79.2. The Hall–Kier alpha value is -7.22. The van der Waals surface area contributed by atoms with Gasteiger partial charge in [0.25, 0.3) is 0 Å². The van der Waals surface area contributed by atoms with E-state index in [2.05, 4.69) is 213 Å². The zero-order valence-electron chi connectivity index (χ0n) is 32.2. The zero-order valence-corrected chi connectivity index (χ0v) is 32.2. The molecule has 0 heterocycles. The largest absolute Gasteiger partial charge is 0.497 e. The monoisotopic (exact) mass is 730 g/mol. The molecule has 9 aromatic carbocycles. The summed E-state index contributed by atoms with van der Waals surface area (Å²) in [5.41, 5.74) is 20.2. The Morgan fingerprint density at radius 3 is 0.702 bits per heavy atom. The topological polar surface area (TPSA) is 9.23 Å². The van der Waals surface area contributed by atoms with Crippen LogP contribution in [0.2, 0.25) is 0 Å². The number of rotatable bonds is 9. The molecule has 0 aliphatic heterocycles. The molecule has 0 amide bonds. The molecular weight excluding hydrogens is 689 g/mol. The van der Waals surface area contributed by atoms with Crippen LogP contribution >= 0.6 is 0 Å². The van der Waals surface area contributed by atoms with Crippen LogP contribution in [0.15, 0.2) is 218 Å². The van der Waals surface area contributed by atoms with Crippen molar-refractivity contribution in [3.63, 3.8) is 0 Å². The lowest BCUT2D eigenvalue weighted by molar-refractivity contribution is 0.415. The van der Waals surface area contributed by atoms with Gasteiger partial charge in [-0.3, -0.25) is 0 Å². The van der Waals surface area contributed by atoms with Gasteiger partial charge < -0.3 is 4.74 Å². The van der Waals surface area contributed by atoms with Gasteiger partial charge in [-0.1, -0.05) is 212 Å². The van der Waals surface area contributed by atoms with E-state index < -0.39 is 0 Å². The summed E-state index contributed by atoms with van der Waals surface area (Å²) >= 11 is 0. The molecule has 0 saturated heterocycles. The quantitative estimate of drug-likeness (QED) is 0.144.